The van der Waals surface area contributed by atoms with Gasteiger partial charge in [-0.05, 0) is 18.2 Å². The third kappa shape index (κ3) is 4.22. The molecule has 1 aromatic heterocycles. The number of ether oxygens (including phenoxy) is 1. The molecule has 0 aliphatic rings. The summed E-state index contributed by atoms with van der Waals surface area (Å²) >= 11 is 5.66. The minimum Gasteiger partial charge on any atom is -0.434 e. The zero-order valence-electron chi connectivity index (χ0n) is 11.3. The zero-order chi connectivity index (χ0) is 17.0. The summed E-state index contributed by atoms with van der Waals surface area (Å²) in [7, 11) is 0. The molecule has 10 heteroatoms. The smallest absolute Gasteiger partial charge is 0.387 e. The summed E-state index contributed by atoms with van der Waals surface area (Å²) in [5.74, 6) is -1.40. The molecule has 2 aromatic rings. The normalized spacial score (nSPS) is 10.7. The Morgan fingerprint density at radius 1 is 1.35 bits per heavy atom. The zero-order valence-corrected chi connectivity index (χ0v) is 12.1. The minimum absolute atomic E-state index is 0.0179. The van der Waals surface area contributed by atoms with E-state index in [1.165, 1.54) is 12.1 Å². The predicted octanol–water partition coefficient (Wildman–Crippen LogP) is 4.00. The molecule has 0 aliphatic carbocycles. The third-order valence-corrected chi connectivity index (χ3v) is 2.97. The van der Waals surface area contributed by atoms with Gasteiger partial charge in [-0.2, -0.15) is 8.78 Å². The van der Waals surface area contributed by atoms with Gasteiger partial charge < -0.3 is 10.1 Å². The molecular weight excluding hydrogens is 339 g/mol. The number of anilines is 1. The topological polar surface area (TPSA) is 77.3 Å². The average molecular weight is 348 g/mol. The number of halogens is 4. The van der Waals surface area contributed by atoms with E-state index in [4.69, 9.17) is 11.6 Å². The van der Waals surface area contributed by atoms with Crippen molar-refractivity contribution < 1.29 is 22.8 Å². The van der Waals surface area contributed by atoms with Gasteiger partial charge in [0.25, 0.3) is 0 Å². The van der Waals surface area contributed by atoms with Crippen molar-refractivity contribution in [3.63, 3.8) is 0 Å². The van der Waals surface area contributed by atoms with E-state index < -0.39 is 17.4 Å². The van der Waals surface area contributed by atoms with Gasteiger partial charge in [-0.3, -0.25) is 10.1 Å². The molecule has 1 heterocycles. The highest BCUT2D eigenvalue weighted by atomic mass is 35.5. The maximum Gasteiger partial charge on any atom is 0.387 e. The molecule has 0 amide bonds. The van der Waals surface area contributed by atoms with Crippen LogP contribution in [0.4, 0.5) is 24.7 Å². The highest BCUT2D eigenvalue weighted by Gasteiger charge is 2.18. The lowest BCUT2D eigenvalue weighted by molar-refractivity contribution is -0.384. The second-order valence-corrected chi connectivity index (χ2v) is 4.59. The fourth-order valence-electron chi connectivity index (χ4n) is 1.79. The number of pyridine rings is 1. The van der Waals surface area contributed by atoms with Crippen molar-refractivity contribution in [2.75, 3.05) is 5.32 Å². The highest BCUT2D eigenvalue weighted by Crippen LogP contribution is 2.27. The Balaban J connectivity index is 2.28. The summed E-state index contributed by atoms with van der Waals surface area (Å²) in [6.45, 7) is -3.49. The molecule has 23 heavy (non-hydrogen) atoms. The lowest BCUT2D eigenvalue weighted by Crippen LogP contribution is -2.10. The van der Waals surface area contributed by atoms with Gasteiger partial charge in [0.05, 0.1) is 4.92 Å². The molecule has 0 unspecified atom stereocenters. The summed E-state index contributed by atoms with van der Waals surface area (Å²) in [5.41, 5.74) is -0.606. The standard InChI is InChI=1S/C13H9ClF3N3O3/c14-11-5-4-9(20(21)22)12(19-11)18-6-7-8(15)2-1-3-10(7)23-13(16)17/h1-5,13H,6H2,(H,18,19). The maximum atomic E-state index is 13.8. The number of benzene rings is 1. The molecule has 0 saturated heterocycles. The molecule has 0 saturated carbocycles. The average Bonchev–Trinajstić information content (AvgIpc) is 2.45. The van der Waals surface area contributed by atoms with Crippen LogP contribution in [0.2, 0.25) is 5.15 Å². The summed E-state index contributed by atoms with van der Waals surface area (Å²) in [4.78, 5) is 13.9. The fourth-order valence-corrected chi connectivity index (χ4v) is 1.94. The number of nitrogens with zero attached hydrogens (tertiary/aromatic N) is 2. The Morgan fingerprint density at radius 3 is 2.74 bits per heavy atom. The Kier molecular flexibility index (Phi) is 5.22. The van der Waals surface area contributed by atoms with Crippen molar-refractivity contribution in [2.24, 2.45) is 0 Å². The van der Waals surface area contributed by atoms with Crippen molar-refractivity contribution in [1.29, 1.82) is 0 Å². The molecule has 0 aliphatic heterocycles. The quantitative estimate of drug-likeness (QED) is 0.485. The van der Waals surface area contributed by atoms with Crippen LogP contribution in [-0.4, -0.2) is 16.5 Å². The van der Waals surface area contributed by atoms with Gasteiger partial charge in [0, 0.05) is 18.2 Å². The predicted molar refractivity (Wildman–Crippen MR) is 76.3 cm³/mol. The van der Waals surface area contributed by atoms with Gasteiger partial charge in [-0.1, -0.05) is 17.7 Å². The van der Waals surface area contributed by atoms with E-state index in [9.17, 15) is 23.3 Å². The number of nitrogens with one attached hydrogen (secondary N) is 1. The van der Waals surface area contributed by atoms with Crippen LogP contribution in [0.25, 0.3) is 0 Å². The highest BCUT2D eigenvalue weighted by molar-refractivity contribution is 6.29. The lowest BCUT2D eigenvalue weighted by Gasteiger charge is -2.12. The first-order valence-electron chi connectivity index (χ1n) is 6.15. The second-order valence-electron chi connectivity index (χ2n) is 4.21. The number of rotatable bonds is 6. The van der Waals surface area contributed by atoms with E-state index in [1.807, 2.05) is 0 Å². The van der Waals surface area contributed by atoms with Crippen LogP contribution in [0.3, 0.4) is 0 Å². The third-order valence-electron chi connectivity index (χ3n) is 2.76. The first-order valence-corrected chi connectivity index (χ1v) is 6.53. The van der Waals surface area contributed by atoms with Gasteiger partial charge >= 0.3 is 12.3 Å². The van der Waals surface area contributed by atoms with Crippen molar-refractivity contribution in [1.82, 2.24) is 4.98 Å². The van der Waals surface area contributed by atoms with E-state index in [-0.39, 0.29) is 34.5 Å². The first-order chi connectivity index (χ1) is 10.9. The Morgan fingerprint density at radius 2 is 2.09 bits per heavy atom. The van der Waals surface area contributed by atoms with Gasteiger partial charge in [0.15, 0.2) is 0 Å². The van der Waals surface area contributed by atoms with Crippen LogP contribution in [0.1, 0.15) is 5.56 Å². The lowest BCUT2D eigenvalue weighted by atomic mass is 10.2. The minimum atomic E-state index is -3.13. The summed E-state index contributed by atoms with van der Waals surface area (Å²) in [6.07, 6.45) is 0. The van der Waals surface area contributed by atoms with E-state index in [2.05, 4.69) is 15.0 Å². The van der Waals surface area contributed by atoms with E-state index in [1.54, 1.807) is 0 Å². The molecular formula is C13H9ClF3N3O3. The van der Waals surface area contributed by atoms with Crippen molar-refractivity contribution in [3.8, 4) is 5.75 Å². The van der Waals surface area contributed by atoms with Crippen LogP contribution in [0.5, 0.6) is 5.75 Å². The monoisotopic (exact) mass is 347 g/mol. The van der Waals surface area contributed by atoms with Crippen molar-refractivity contribution >= 4 is 23.1 Å². The van der Waals surface area contributed by atoms with Gasteiger partial charge in [0.2, 0.25) is 5.82 Å². The molecule has 0 fully saturated rings. The largest absolute Gasteiger partial charge is 0.434 e. The van der Waals surface area contributed by atoms with Crippen LogP contribution in [0.15, 0.2) is 30.3 Å². The number of hydrogen-bond acceptors (Lipinski definition) is 5. The molecule has 122 valence electrons. The molecule has 1 aromatic carbocycles. The van der Waals surface area contributed by atoms with Crippen LogP contribution in [-0.2, 0) is 6.54 Å². The molecule has 6 nitrogen and oxygen atoms in total. The Bertz CT molecular complexity index is 731. The summed E-state index contributed by atoms with van der Waals surface area (Å²) < 4.78 is 42.7. The SMILES string of the molecule is O=[N+]([O-])c1ccc(Cl)nc1NCc1c(F)cccc1OC(F)F. The number of nitro groups is 1. The molecule has 0 bridgehead atoms. The van der Waals surface area contributed by atoms with E-state index >= 15 is 0 Å². The number of aromatic nitrogens is 1. The Labute approximate surface area is 133 Å². The van der Waals surface area contributed by atoms with Crippen LogP contribution in [0, 0.1) is 15.9 Å². The maximum absolute atomic E-state index is 13.8. The fraction of sp³-hybridized carbons (Fsp3) is 0.154. The molecule has 0 atom stereocenters. The van der Waals surface area contributed by atoms with E-state index in [0.29, 0.717) is 0 Å². The van der Waals surface area contributed by atoms with Gasteiger partial charge in [0.1, 0.15) is 16.7 Å². The molecule has 0 spiro atoms. The van der Waals surface area contributed by atoms with Crippen molar-refractivity contribution in [3.05, 3.63) is 57.0 Å². The number of alkyl halides is 2. The van der Waals surface area contributed by atoms with Gasteiger partial charge in [-0.15, -0.1) is 0 Å². The van der Waals surface area contributed by atoms with Crippen LogP contribution >= 0.6 is 11.6 Å². The molecule has 2 rings (SSSR count). The summed E-state index contributed by atoms with van der Waals surface area (Å²) in [5, 5.41) is 13.4. The first kappa shape index (κ1) is 16.8. The molecule has 0 radical (unpaired) electrons. The van der Waals surface area contributed by atoms with Gasteiger partial charge in [-0.25, -0.2) is 9.37 Å². The summed E-state index contributed by atoms with van der Waals surface area (Å²) in [6, 6.07) is 5.76. The van der Waals surface area contributed by atoms with E-state index in [0.717, 1.165) is 18.2 Å². The Hall–Kier alpha value is -2.55. The van der Waals surface area contributed by atoms with Crippen molar-refractivity contribution in [2.45, 2.75) is 13.2 Å². The second kappa shape index (κ2) is 7.14. The van der Waals surface area contributed by atoms with Crippen LogP contribution < -0.4 is 10.1 Å². The number of hydrogen-bond donors (Lipinski definition) is 1. The molecule has 1 N–H and O–H groups in total.